The highest BCUT2D eigenvalue weighted by atomic mass is 79.9. The SMILES string of the molecule is CCCCS1(Br)C=CC(C)=C1. The average molecular weight is 235 g/mol. The standard InChI is InChI=1S/C9H15BrS/c1-3-4-6-11(10)7-5-9(2)8-11/h5,7-8H,3-4,6H2,1-2H3. The van der Waals surface area contributed by atoms with E-state index in [-0.39, 0.29) is 0 Å². The fourth-order valence-electron chi connectivity index (χ4n) is 1.10. The van der Waals surface area contributed by atoms with Crippen molar-refractivity contribution in [2.75, 3.05) is 5.75 Å². The van der Waals surface area contributed by atoms with E-state index in [4.69, 9.17) is 0 Å². The molecule has 0 nitrogen and oxygen atoms in total. The molecule has 0 bridgehead atoms. The molecule has 0 aliphatic carbocycles. The second kappa shape index (κ2) is 3.81. The maximum atomic E-state index is 3.81. The van der Waals surface area contributed by atoms with Gasteiger partial charge in [-0.1, -0.05) is 19.4 Å². The van der Waals surface area contributed by atoms with Crippen LogP contribution in [0.15, 0.2) is 22.5 Å². The molecule has 64 valence electrons. The molecule has 0 saturated carbocycles. The quantitative estimate of drug-likeness (QED) is 0.682. The van der Waals surface area contributed by atoms with Crippen LogP contribution in [0.2, 0.25) is 0 Å². The first-order chi connectivity index (χ1) is 5.16. The highest BCUT2D eigenvalue weighted by Gasteiger charge is 2.16. The van der Waals surface area contributed by atoms with Crippen molar-refractivity contribution in [3.63, 3.8) is 0 Å². The van der Waals surface area contributed by atoms with E-state index >= 15 is 0 Å². The Hall–Kier alpha value is 0.310. The van der Waals surface area contributed by atoms with Gasteiger partial charge in [0.05, 0.1) is 0 Å². The zero-order chi connectivity index (χ0) is 8.32. The van der Waals surface area contributed by atoms with Crippen LogP contribution in [-0.2, 0) is 0 Å². The molecule has 0 saturated heterocycles. The van der Waals surface area contributed by atoms with E-state index < -0.39 is 8.46 Å². The summed E-state index contributed by atoms with van der Waals surface area (Å²) in [7, 11) is -0.645. The van der Waals surface area contributed by atoms with Gasteiger partial charge in [-0.2, -0.15) is 0 Å². The summed E-state index contributed by atoms with van der Waals surface area (Å²) in [5.41, 5.74) is 1.41. The van der Waals surface area contributed by atoms with Crippen molar-refractivity contribution in [1.82, 2.24) is 0 Å². The summed E-state index contributed by atoms with van der Waals surface area (Å²) in [5.74, 6) is 1.30. The van der Waals surface area contributed by atoms with E-state index in [2.05, 4.69) is 45.6 Å². The Morgan fingerprint density at radius 1 is 1.55 bits per heavy atom. The molecule has 0 N–H and O–H groups in total. The Labute approximate surface area is 78.3 Å². The molecule has 0 fully saturated rings. The predicted molar refractivity (Wildman–Crippen MR) is 59.2 cm³/mol. The summed E-state index contributed by atoms with van der Waals surface area (Å²) >= 11 is 3.81. The normalized spacial score (nSPS) is 35.0. The van der Waals surface area contributed by atoms with Crippen molar-refractivity contribution >= 4 is 23.3 Å². The average Bonchev–Trinajstić information content (AvgIpc) is 2.28. The van der Waals surface area contributed by atoms with Gasteiger partial charge in [0, 0.05) is 0 Å². The van der Waals surface area contributed by atoms with Crippen molar-refractivity contribution in [2.24, 2.45) is 0 Å². The third kappa shape index (κ3) is 2.68. The van der Waals surface area contributed by atoms with Crippen molar-refractivity contribution < 1.29 is 0 Å². The molecular weight excluding hydrogens is 220 g/mol. The third-order valence-corrected chi connectivity index (χ3v) is 6.20. The molecule has 1 unspecified atom stereocenters. The fourth-order valence-corrected chi connectivity index (χ4v) is 5.20. The zero-order valence-electron chi connectivity index (χ0n) is 7.14. The van der Waals surface area contributed by atoms with Crippen LogP contribution < -0.4 is 0 Å². The number of unbranched alkanes of at least 4 members (excludes halogenated alkanes) is 1. The van der Waals surface area contributed by atoms with Gasteiger partial charge < -0.3 is 0 Å². The number of hydrogen-bond donors (Lipinski definition) is 0. The first-order valence-corrected chi connectivity index (χ1v) is 7.80. The van der Waals surface area contributed by atoms with Crippen molar-refractivity contribution in [3.05, 3.63) is 22.5 Å². The van der Waals surface area contributed by atoms with Gasteiger partial charge >= 0.3 is 0 Å². The van der Waals surface area contributed by atoms with Crippen LogP contribution in [0.4, 0.5) is 0 Å². The Balaban J connectivity index is 2.50. The molecule has 1 heterocycles. The number of rotatable bonds is 3. The van der Waals surface area contributed by atoms with E-state index in [1.54, 1.807) is 0 Å². The van der Waals surface area contributed by atoms with Crippen molar-refractivity contribution in [2.45, 2.75) is 26.7 Å². The molecule has 0 amide bonds. The lowest BCUT2D eigenvalue weighted by Crippen LogP contribution is -1.87. The maximum absolute atomic E-state index is 3.81. The molecule has 1 rings (SSSR count). The summed E-state index contributed by atoms with van der Waals surface area (Å²) in [4.78, 5) is 0. The van der Waals surface area contributed by atoms with Crippen LogP contribution in [-0.4, -0.2) is 5.75 Å². The van der Waals surface area contributed by atoms with Gasteiger partial charge in [0.2, 0.25) is 0 Å². The third-order valence-electron chi connectivity index (χ3n) is 1.75. The van der Waals surface area contributed by atoms with Crippen LogP contribution in [0, 0.1) is 0 Å². The lowest BCUT2D eigenvalue weighted by molar-refractivity contribution is 0.896. The Bertz CT molecular complexity index is 196. The Morgan fingerprint density at radius 3 is 2.73 bits per heavy atom. The number of halogens is 1. The number of hydrogen-bond acceptors (Lipinski definition) is 0. The summed E-state index contributed by atoms with van der Waals surface area (Å²) in [6.45, 7) is 4.41. The van der Waals surface area contributed by atoms with Gasteiger partial charge in [0.1, 0.15) is 0 Å². The van der Waals surface area contributed by atoms with Crippen molar-refractivity contribution in [1.29, 1.82) is 0 Å². The number of allylic oxidation sites excluding steroid dienone is 2. The molecule has 0 aromatic carbocycles. The summed E-state index contributed by atoms with van der Waals surface area (Å²) in [5, 5.41) is 4.71. The lowest BCUT2D eigenvalue weighted by Gasteiger charge is -2.22. The molecule has 11 heavy (non-hydrogen) atoms. The van der Waals surface area contributed by atoms with E-state index in [0.717, 1.165) is 0 Å². The van der Waals surface area contributed by atoms with Crippen LogP contribution >= 0.6 is 23.3 Å². The molecule has 1 aliphatic rings. The molecular formula is C9H15BrS. The van der Waals surface area contributed by atoms with E-state index in [1.807, 2.05) is 0 Å². The summed E-state index contributed by atoms with van der Waals surface area (Å²) in [6.07, 6.45) is 4.84. The van der Waals surface area contributed by atoms with Crippen LogP contribution in [0.3, 0.4) is 0 Å². The minimum absolute atomic E-state index is 0.645. The second-order valence-electron chi connectivity index (χ2n) is 2.98. The molecule has 2 heteroatoms. The first-order valence-electron chi connectivity index (χ1n) is 4.03. The van der Waals surface area contributed by atoms with Gasteiger partial charge in [-0.05, 0) is 50.3 Å². The Morgan fingerprint density at radius 2 is 2.27 bits per heavy atom. The molecule has 1 aliphatic heterocycles. The maximum Gasteiger partial charge on any atom is -0.00653 e. The monoisotopic (exact) mass is 234 g/mol. The molecule has 1 atom stereocenters. The molecule has 0 aromatic heterocycles. The smallest absolute Gasteiger partial charge is 0.00653 e. The zero-order valence-corrected chi connectivity index (χ0v) is 9.54. The van der Waals surface area contributed by atoms with E-state index in [0.29, 0.717) is 0 Å². The molecule has 0 radical (unpaired) electrons. The summed E-state index contributed by atoms with van der Waals surface area (Å²) in [6, 6.07) is 0. The summed E-state index contributed by atoms with van der Waals surface area (Å²) < 4.78 is 0. The predicted octanol–water partition coefficient (Wildman–Crippen LogP) is 4.33. The minimum atomic E-state index is -0.645. The fraction of sp³-hybridized carbons (Fsp3) is 0.556. The molecule has 0 aromatic rings. The minimum Gasteiger partial charge on any atom is -0.142 e. The van der Waals surface area contributed by atoms with Gasteiger partial charge in [-0.3, -0.25) is 0 Å². The van der Waals surface area contributed by atoms with Crippen molar-refractivity contribution in [3.8, 4) is 0 Å². The van der Waals surface area contributed by atoms with E-state index in [9.17, 15) is 0 Å². The lowest BCUT2D eigenvalue weighted by atomic mass is 10.4. The second-order valence-corrected chi connectivity index (χ2v) is 9.02. The van der Waals surface area contributed by atoms with Gasteiger partial charge in [0.25, 0.3) is 0 Å². The van der Waals surface area contributed by atoms with Gasteiger partial charge in [-0.15, -0.1) is 8.46 Å². The Kier molecular flexibility index (Phi) is 3.26. The highest BCUT2D eigenvalue weighted by Crippen LogP contribution is 2.62. The molecule has 0 spiro atoms. The highest BCUT2D eigenvalue weighted by molar-refractivity contribution is 9.59. The van der Waals surface area contributed by atoms with E-state index in [1.165, 1.54) is 24.2 Å². The largest absolute Gasteiger partial charge is 0.142 e. The van der Waals surface area contributed by atoms with Gasteiger partial charge in [-0.25, -0.2) is 0 Å². The van der Waals surface area contributed by atoms with Crippen LogP contribution in [0.5, 0.6) is 0 Å². The first kappa shape index (κ1) is 9.40. The van der Waals surface area contributed by atoms with Crippen LogP contribution in [0.1, 0.15) is 26.7 Å². The van der Waals surface area contributed by atoms with Gasteiger partial charge in [0.15, 0.2) is 0 Å². The van der Waals surface area contributed by atoms with Crippen LogP contribution in [0.25, 0.3) is 0 Å². The topological polar surface area (TPSA) is 0 Å².